The summed E-state index contributed by atoms with van der Waals surface area (Å²) in [5, 5.41) is 0. The largest absolute Gasteiger partial charge is 0.485 e. The zero-order valence-electron chi connectivity index (χ0n) is 11.6. The number of rotatable bonds is 0. The summed E-state index contributed by atoms with van der Waals surface area (Å²) in [6.07, 6.45) is -0.217. The van der Waals surface area contributed by atoms with E-state index in [2.05, 4.69) is 43.9 Å². The number of ether oxygens (including phenoxy) is 2. The molecule has 3 rings (SSSR count). The quantitative estimate of drug-likeness (QED) is 0.678. The van der Waals surface area contributed by atoms with Crippen LogP contribution in [0.25, 0.3) is 0 Å². The van der Waals surface area contributed by atoms with Crippen LogP contribution in [-0.2, 0) is 0 Å². The SMILES string of the molecule is Cc1cc(C)cc(C#CC2COc3ccccc3O2)c1. The Morgan fingerprint density at radius 3 is 2.45 bits per heavy atom. The van der Waals surface area contributed by atoms with Crippen LogP contribution in [0.1, 0.15) is 16.7 Å². The van der Waals surface area contributed by atoms with Gasteiger partial charge in [-0.05, 0) is 55.2 Å². The van der Waals surface area contributed by atoms with Crippen molar-refractivity contribution in [2.45, 2.75) is 20.0 Å². The molecule has 1 aliphatic heterocycles. The van der Waals surface area contributed by atoms with E-state index < -0.39 is 0 Å². The molecule has 2 heteroatoms. The third kappa shape index (κ3) is 2.78. The Balaban J connectivity index is 1.79. The van der Waals surface area contributed by atoms with Crippen LogP contribution in [0, 0.1) is 25.7 Å². The zero-order chi connectivity index (χ0) is 13.9. The van der Waals surface area contributed by atoms with Crippen LogP contribution in [0.2, 0.25) is 0 Å². The number of benzene rings is 2. The molecule has 2 aromatic rings. The van der Waals surface area contributed by atoms with Crippen molar-refractivity contribution >= 4 is 0 Å². The van der Waals surface area contributed by atoms with Gasteiger partial charge in [0.1, 0.15) is 6.61 Å². The first-order valence-electron chi connectivity index (χ1n) is 6.69. The van der Waals surface area contributed by atoms with Gasteiger partial charge < -0.3 is 9.47 Å². The van der Waals surface area contributed by atoms with Gasteiger partial charge in [-0.15, -0.1) is 0 Å². The molecule has 0 radical (unpaired) electrons. The maximum absolute atomic E-state index is 5.82. The van der Waals surface area contributed by atoms with Crippen LogP contribution >= 0.6 is 0 Å². The molecule has 2 aromatic carbocycles. The standard InChI is InChI=1S/C18H16O2/c1-13-9-14(2)11-15(10-13)7-8-16-12-19-17-5-3-4-6-18(17)20-16/h3-6,9-11,16H,12H2,1-2H3. The predicted octanol–water partition coefficient (Wildman–Crippen LogP) is 3.49. The first-order valence-corrected chi connectivity index (χ1v) is 6.69. The lowest BCUT2D eigenvalue weighted by Crippen LogP contribution is -2.27. The molecule has 20 heavy (non-hydrogen) atoms. The van der Waals surface area contributed by atoms with E-state index in [0.717, 1.165) is 17.1 Å². The highest BCUT2D eigenvalue weighted by Crippen LogP contribution is 2.30. The minimum atomic E-state index is -0.217. The molecule has 1 atom stereocenters. The number of fused-ring (bicyclic) bond motifs is 1. The first kappa shape index (κ1) is 12.6. The van der Waals surface area contributed by atoms with Crippen molar-refractivity contribution in [1.29, 1.82) is 0 Å². The van der Waals surface area contributed by atoms with Gasteiger partial charge in [0, 0.05) is 5.56 Å². The predicted molar refractivity (Wildman–Crippen MR) is 79.1 cm³/mol. The van der Waals surface area contributed by atoms with Gasteiger partial charge in [0.25, 0.3) is 0 Å². The summed E-state index contributed by atoms with van der Waals surface area (Å²) in [5.74, 6) is 7.86. The van der Waals surface area contributed by atoms with E-state index in [9.17, 15) is 0 Å². The Hall–Kier alpha value is -2.40. The number of hydrogen-bond donors (Lipinski definition) is 0. The Kier molecular flexibility index (Phi) is 3.35. The highest BCUT2D eigenvalue weighted by Gasteiger charge is 2.18. The maximum Gasteiger partial charge on any atom is 0.193 e. The molecule has 0 saturated carbocycles. The molecule has 0 aromatic heterocycles. The number of hydrogen-bond acceptors (Lipinski definition) is 2. The van der Waals surface area contributed by atoms with Crippen molar-refractivity contribution in [2.75, 3.05) is 6.61 Å². The molecule has 1 unspecified atom stereocenters. The molecule has 0 amide bonds. The van der Waals surface area contributed by atoms with Crippen LogP contribution in [0.3, 0.4) is 0 Å². The van der Waals surface area contributed by atoms with Crippen LogP contribution in [0.15, 0.2) is 42.5 Å². The normalized spacial score (nSPS) is 16.2. The summed E-state index contributed by atoms with van der Waals surface area (Å²) in [4.78, 5) is 0. The van der Waals surface area contributed by atoms with Crippen LogP contribution in [0.4, 0.5) is 0 Å². The summed E-state index contributed by atoms with van der Waals surface area (Å²) in [5.41, 5.74) is 3.46. The van der Waals surface area contributed by atoms with Gasteiger partial charge in [-0.25, -0.2) is 0 Å². The molecule has 1 heterocycles. The fourth-order valence-corrected chi connectivity index (χ4v) is 2.30. The second kappa shape index (κ2) is 5.30. The Morgan fingerprint density at radius 1 is 1.00 bits per heavy atom. The minimum Gasteiger partial charge on any atom is -0.485 e. The Labute approximate surface area is 119 Å². The number of aryl methyl sites for hydroxylation is 2. The van der Waals surface area contributed by atoms with Gasteiger partial charge in [0.05, 0.1) is 0 Å². The molecular weight excluding hydrogens is 248 g/mol. The first-order chi connectivity index (χ1) is 9.70. The van der Waals surface area contributed by atoms with E-state index in [0.29, 0.717) is 6.61 Å². The fourth-order valence-electron chi connectivity index (χ4n) is 2.30. The van der Waals surface area contributed by atoms with Crippen molar-refractivity contribution in [3.05, 3.63) is 59.2 Å². The molecule has 100 valence electrons. The highest BCUT2D eigenvalue weighted by molar-refractivity contribution is 5.43. The van der Waals surface area contributed by atoms with E-state index in [1.807, 2.05) is 24.3 Å². The third-order valence-corrected chi connectivity index (χ3v) is 3.11. The van der Waals surface area contributed by atoms with E-state index in [1.165, 1.54) is 11.1 Å². The van der Waals surface area contributed by atoms with Gasteiger partial charge in [0.2, 0.25) is 0 Å². The Morgan fingerprint density at radius 2 is 1.70 bits per heavy atom. The van der Waals surface area contributed by atoms with Crippen molar-refractivity contribution in [3.63, 3.8) is 0 Å². The van der Waals surface area contributed by atoms with Crippen molar-refractivity contribution in [1.82, 2.24) is 0 Å². The monoisotopic (exact) mass is 264 g/mol. The van der Waals surface area contributed by atoms with Crippen LogP contribution < -0.4 is 9.47 Å². The maximum atomic E-state index is 5.82. The minimum absolute atomic E-state index is 0.217. The second-order valence-electron chi connectivity index (χ2n) is 5.01. The molecule has 0 bridgehead atoms. The lowest BCUT2D eigenvalue weighted by molar-refractivity contribution is 0.129. The molecule has 0 aliphatic carbocycles. The number of para-hydroxylation sites is 2. The van der Waals surface area contributed by atoms with Gasteiger partial charge in [-0.2, -0.15) is 0 Å². The van der Waals surface area contributed by atoms with E-state index >= 15 is 0 Å². The summed E-state index contributed by atoms with van der Waals surface area (Å²) < 4.78 is 11.5. The molecule has 1 aliphatic rings. The topological polar surface area (TPSA) is 18.5 Å². The molecular formula is C18H16O2. The summed E-state index contributed by atoms with van der Waals surface area (Å²) in [6.45, 7) is 4.62. The van der Waals surface area contributed by atoms with Gasteiger partial charge in [-0.1, -0.05) is 24.1 Å². The molecule has 0 N–H and O–H groups in total. The van der Waals surface area contributed by atoms with Crippen molar-refractivity contribution in [2.24, 2.45) is 0 Å². The Bertz CT molecular complexity index is 672. The highest BCUT2D eigenvalue weighted by atomic mass is 16.6. The average Bonchev–Trinajstić information content (AvgIpc) is 2.44. The van der Waals surface area contributed by atoms with Gasteiger partial charge >= 0.3 is 0 Å². The molecule has 0 fully saturated rings. The fraction of sp³-hybridized carbons (Fsp3) is 0.222. The average molecular weight is 264 g/mol. The van der Waals surface area contributed by atoms with E-state index in [1.54, 1.807) is 0 Å². The smallest absolute Gasteiger partial charge is 0.193 e. The lowest BCUT2D eigenvalue weighted by Gasteiger charge is -2.22. The van der Waals surface area contributed by atoms with Gasteiger partial charge in [0.15, 0.2) is 17.6 Å². The zero-order valence-corrected chi connectivity index (χ0v) is 11.6. The molecule has 0 saturated heterocycles. The van der Waals surface area contributed by atoms with Crippen LogP contribution in [-0.4, -0.2) is 12.7 Å². The summed E-state index contributed by atoms with van der Waals surface area (Å²) in [7, 11) is 0. The van der Waals surface area contributed by atoms with Crippen molar-refractivity contribution in [3.8, 4) is 23.3 Å². The molecule has 2 nitrogen and oxygen atoms in total. The lowest BCUT2D eigenvalue weighted by atomic mass is 10.1. The van der Waals surface area contributed by atoms with E-state index in [4.69, 9.17) is 9.47 Å². The second-order valence-corrected chi connectivity index (χ2v) is 5.01. The summed E-state index contributed by atoms with van der Waals surface area (Å²) in [6, 6.07) is 14.0. The third-order valence-electron chi connectivity index (χ3n) is 3.11. The summed E-state index contributed by atoms with van der Waals surface area (Å²) >= 11 is 0. The van der Waals surface area contributed by atoms with E-state index in [-0.39, 0.29) is 6.10 Å². The van der Waals surface area contributed by atoms with Gasteiger partial charge in [-0.3, -0.25) is 0 Å². The molecule has 0 spiro atoms. The van der Waals surface area contributed by atoms with Crippen LogP contribution in [0.5, 0.6) is 11.5 Å². The van der Waals surface area contributed by atoms with Crippen molar-refractivity contribution < 1.29 is 9.47 Å².